The molecule has 0 aliphatic rings. The molecule has 2 aromatic carbocycles. The molecule has 0 spiro atoms. The Labute approximate surface area is 141 Å². The largest absolute Gasteiger partial charge is 0.478 e. The van der Waals surface area contributed by atoms with E-state index in [0.717, 1.165) is 5.56 Å². The second kappa shape index (κ2) is 8.05. The maximum absolute atomic E-state index is 12.2. The van der Waals surface area contributed by atoms with Crippen molar-refractivity contribution in [1.82, 2.24) is 4.72 Å². The van der Waals surface area contributed by atoms with Crippen LogP contribution >= 0.6 is 0 Å². The summed E-state index contributed by atoms with van der Waals surface area (Å²) in [5.41, 5.74) is 1.65. The van der Waals surface area contributed by atoms with Gasteiger partial charge in [-0.15, -0.1) is 0 Å². The Balaban J connectivity index is 2.15. The van der Waals surface area contributed by atoms with Crippen LogP contribution in [0, 0.1) is 0 Å². The highest BCUT2D eigenvalue weighted by molar-refractivity contribution is 7.89. The molecule has 0 bridgehead atoms. The third-order valence-electron chi connectivity index (χ3n) is 3.42. The van der Waals surface area contributed by atoms with Crippen molar-refractivity contribution in [2.24, 2.45) is 0 Å². The third kappa shape index (κ3) is 4.64. The molecular formula is C17H19NO5S. The first-order valence-electron chi connectivity index (χ1n) is 7.36. The van der Waals surface area contributed by atoms with Gasteiger partial charge in [-0.3, -0.25) is 0 Å². The smallest absolute Gasteiger partial charge is 0.335 e. The maximum atomic E-state index is 12.2. The highest BCUT2D eigenvalue weighted by Crippen LogP contribution is 2.22. The molecule has 2 rings (SSSR count). The predicted octanol–water partition coefficient (Wildman–Crippen LogP) is 2.37. The molecule has 24 heavy (non-hydrogen) atoms. The number of ether oxygens (including phenoxy) is 1. The van der Waals surface area contributed by atoms with Gasteiger partial charge in [-0.1, -0.05) is 24.3 Å². The van der Waals surface area contributed by atoms with Crippen LogP contribution in [0.3, 0.4) is 0 Å². The number of aromatic carboxylic acids is 1. The fraction of sp³-hybridized carbons (Fsp3) is 0.235. The molecule has 0 aliphatic heterocycles. The fourth-order valence-electron chi connectivity index (χ4n) is 2.16. The van der Waals surface area contributed by atoms with E-state index in [-0.39, 0.29) is 10.5 Å². The second-order valence-electron chi connectivity index (χ2n) is 5.15. The number of methoxy groups -OCH3 is 1. The van der Waals surface area contributed by atoms with Gasteiger partial charge in [0, 0.05) is 20.3 Å². The van der Waals surface area contributed by atoms with Crippen LogP contribution < -0.4 is 4.72 Å². The summed E-state index contributed by atoms with van der Waals surface area (Å²) in [7, 11) is -2.00. The van der Waals surface area contributed by atoms with E-state index >= 15 is 0 Å². The van der Waals surface area contributed by atoms with Crippen molar-refractivity contribution in [2.45, 2.75) is 11.3 Å². The predicted molar refractivity (Wildman–Crippen MR) is 90.5 cm³/mol. The van der Waals surface area contributed by atoms with Crippen LogP contribution in [-0.4, -0.2) is 39.8 Å². The van der Waals surface area contributed by atoms with Crippen molar-refractivity contribution in [3.8, 4) is 11.1 Å². The van der Waals surface area contributed by atoms with Crippen molar-refractivity contribution in [3.63, 3.8) is 0 Å². The summed E-state index contributed by atoms with van der Waals surface area (Å²) in [5, 5.41) is 9.03. The Hall–Kier alpha value is -2.22. The highest BCUT2D eigenvalue weighted by Gasteiger charge is 2.13. The van der Waals surface area contributed by atoms with Crippen LogP contribution in [-0.2, 0) is 14.8 Å². The van der Waals surface area contributed by atoms with Crippen LogP contribution in [0.2, 0.25) is 0 Å². The van der Waals surface area contributed by atoms with Gasteiger partial charge in [0.25, 0.3) is 0 Å². The van der Waals surface area contributed by atoms with Crippen LogP contribution in [0.4, 0.5) is 0 Å². The summed E-state index contributed by atoms with van der Waals surface area (Å²) < 4.78 is 31.7. The molecule has 0 saturated carbocycles. The number of carbonyl (C=O) groups is 1. The quantitative estimate of drug-likeness (QED) is 0.714. The lowest BCUT2D eigenvalue weighted by Gasteiger charge is -2.08. The van der Waals surface area contributed by atoms with Gasteiger partial charge in [0.2, 0.25) is 10.0 Å². The SMILES string of the molecule is COCCCNS(=O)(=O)c1ccc(-c2cccc(C(=O)O)c2)cc1. The van der Waals surface area contributed by atoms with Gasteiger partial charge in [-0.25, -0.2) is 17.9 Å². The van der Waals surface area contributed by atoms with E-state index in [0.29, 0.717) is 25.1 Å². The summed E-state index contributed by atoms with van der Waals surface area (Å²) in [6, 6.07) is 12.8. The molecule has 0 heterocycles. The molecule has 0 unspecified atom stereocenters. The monoisotopic (exact) mass is 349 g/mol. The molecule has 0 fully saturated rings. The summed E-state index contributed by atoms with van der Waals surface area (Å²) in [4.78, 5) is 11.2. The van der Waals surface area contributed by atoms with Crippen molar-refractivity contribution in [1.29, 1.82) is 0 Å². The van der Waals surface area contributed by atoms with Gasteiger partial charge in [0.1, 0.15) is 0 Å². The number of carboxylic acids is 1. The minimum Gasteiger partial charge on any atom is -0.478 e. The molecular weight excluding hydrogens is 330 g/mol. The van der Waals surface area contributed by atoms with E-state index in [1.807, 2.05) is 0 Å². The van der Waals surface area contributed by atoms with Crippen LogP contribution in [0.25, 0.3) is 11.1 Å². The molecule has 128 valence electrons. The summed E-state index contributed by atoms with van der Waals surface area (Å²) in [6.45, 7) is 0.792. The Bertz CT molecular complexity index is 800. The minimum absolute atomic E-state index is 0.165. The number of hydrogen-bond donors (Lipinski definition) is 2. The number of hydrogen-bond acceptors (Lipinski definition) is 4. The van der Waals surface area contributed by atoms with Gasteiger partial charge in [-0.05, 0) is 41.8 Å². The fourth-order valence-corrected chi connectivity index (χ4v) is 3.24. The molecule has 0 saturated heterocycles. The molecule has 2 N–H and O–H groups in total. The van der Waals surface area contributed by atoms with Crippen LogP contribution in [0.1, 0.15) is 16.8 Å². The standard InChI is InChI=1S/C17H19NO5S/c1-23-11-3-10-18-24(21,22)16-8-6-13(7-9-16)14-4-2-5-15(12-14)17(19)20/h2,4-9,12,18H,3,10-11H2,1H3,(H,19,20). The highest BCUT2D eigenvalue weighted by atomic mass is 32.2. The van der Waals surface area contributed by atoms with Crippen molar-refractivity contribution >= 4 is 16.0 Å². The Kier molecular flexibility index (Phi) is 6.08. The van der Waals surface area contributed by atoms with Crippen molar-refractivity contribution in [2.75, 3.05) is 20.3 Å². The topological polar surface area (TPSA) is 92.7 Å². The zero-order valence-electron chi connectivity index (χ0n) is 13.2. The third-order valence-corrected chi connectivity index (χ3v) is 4.90. The molecule has 0 aromatic heterocycles. The molecule has 0 amide bonds. The van der Waals surface area contributed by atoms with Gasteiger partial charge >= 0.3 is 5.97 Å². The summed E-state index contributed by atoms with van der Waals surface area (Å²) in [5.74, 6) is -1.00. The Morgan fingerprint density at radius 3 is 2.46 bits per heavy atom. The minimum atomic E-state index is -3.56. The van der Waals surface area contributed by atoms with Crippen molar-refractivity contribution < 1.29 is 23.1 Å². The number of carboxylic acid groups (broad SMARTS) is 1. The van der Waals surface area contributed by atoms with E-state index in [1.54, 1.807) is 37.4 Å². The lowest BCUT2D eigenvalue weighted by Crippen LogP contribution is -2.25. The molecule has 6 nitrogen and oxygen atoms in total. The van der Waals surface area contributed by atoms with E-state index in [2.05, 4.69) is 4.72 Å². The summed E-state index contributed by atoms with van der Waals surface area (Å²) >= 11 is 0. The van der Waals surface area contributed by atoms with Crippen molar-refractivity contribution in [3.05, 3.63) is 54.1 Å². The number of benzene rings is 2. The molecule has 0 aliphatic carbocycles. The molecule has 2 aromatic rings. The normalized spacial score (nSPS) is 11.4. The van der Waals surface area contributed by atoms with E-state index in [4.69, 9.17) is 9.84 Å². The molecule has 7 heteroatoms. The maximum Gasteiger partial charge on any atom is 0.335 e. The second-order valence-corrected chi connectivity index (χ2v) is 6.92. The van der Waals surface area contributed by atoms with Gasteiger partial charge in [-0.2, -0.15) is 0 Å². The van der Waals surface area contributed by atoms with Gasteiger partial charge in [0.05, 0.1) is 10.5 Å². The van der Waals surface area contributed by atoms with E-state index in [1.165, 1.54) is 18.2 Å². The lowest BCUT2D eigenvalue weighted by atomic mass is 10.0. The average molecular weight is 349 g/mol. The van der Waals surface area contributed by atoms with E-state index < -0.39 is 16.0 Å². The summed E-state index contributed by atoms with van der Waals surface area (Å²) in [6.07, 6.45) is 0.593. The average Bonchev–Trinajstić information content (AvgIpc) is 2.59. The molecule has 0 radical (unpaired) electrons. The first-order chi connectivity index (χ1) is 11.4. The van der Waals surface area contributed by atoms with E-state index in [9.17, 15) is 13.2 Å². The van der Waals surface area contributed by atoms with Gasteiger partial charge < -0.3 is 9.84 Å². The number of rotatable bonds is 8. The first kappa shape index (κ1) is 18.1. The Morgan fingerprint density at radius 1 is 1.12 bits per heavy atom. The Morgan fingerprint density at radius 2 is 1.83 bits per heavy atom. The zero-order valence-corrected chi connectivity index (χ0v) is 14.0. The zero-order chi connectivity index (χ0) is 17.6. The van der Waals surface area contributed by atoms with Crippen LogP contribution in [0.5, 0.6) is 0 Å². The van der Waals surface area contributed by atoms with Gasteiger partial charge in [0.15, 0.2) is 0 Å². The molecule has 0 atom stereocenters. The first-order valence-corrected chi connectivity index (χ1v) is 8.85. The number of nitrogens with one attached hydrogen (secondary N) is 1. The number of sulfonamides is 1. The lowest BCUT2D eigenvalue weighted by molar-refractivity contribution is 0.0697. The van der Waals surface area contributed by atoms with Crippen LogP contribution in [0.15, 0.2) is 53.4 Å².